The Morgan fingerprint density at radius 1 is 1.42 bits per heavy atom. The molecule has 1 aromatic carbocycles. The largest absolute Gasteiger partial charge is 0.494 e. The zero-order valence-corrected chi connectivity index (χ0v) is 14.4. The van der Waals surface area contributed by atoms with Gasteiger partial charge >= 0.3 is 0 Å². The highest BCUT2D eigenvalue weighted by molar-refractivity contribution is 8.01. The molecule has 0 aliphatic heterocycles. The van der Waals surface area contributed by atoms with Crippen LogP contribution in [-0.4, -0.2) is 23.3 Å². The molecular weight excluding hydrogens is 353 g/mol. The Kier molecular flexibility index (Phi) is 5.11. The first kappa shape index (κ1) is 16.9. The van der Waals surface area contributed by atoms with Crippen LogP contribution in [-0.2, 0) is 0 Å². The van der Waals surface area contributed by atoms with Crippen molar-refractivity contribution in [3.8, 4) is 5.75 Å². The van der Waals surface area contributed by atoms with Crippen LogP contribution >= 0.6 is 23.5 Å². The summed E-state index contributed by atoms with van der Waals surface area (Å²) in [5.74, 6) is -0.00573. The Morgan fingerprint density at radius 3 is 2.88 bits per heavy atom. The predicted molar refractivity (Wildman–Crippen MR) is 94.4 cm³/mol. The van der Waals surface area contributed by atoms with E-state index in [2.05, 4.69) is 15.0 Å². The van der Waals surface area contributed by atoms with Gasteiger partial charge in [-0.2, -0.15) is 0 Å². The van der Waals surface area contributed by atoms with Gasteiger partial charge in [0.25, 0.3) is 5.91 Å². The fourth-order valence-electron chi connectivity index (χ4n) is 1.94. The number of ether oxygens (including phenoxy) is 1. The minimum absolute atomic E-state index is 0.0577. The molecular formula is C16H15ClFN3O2S. The highest BCUT2D eigenvalue weighted by Gasteiger charge is 2.23. The summed E-state index contributed by atoms with van der Waals surface area (Å²) in [7, 11) is 1.47. The summed E-state index contributed by atoms with van der Waals surface area (Å²) in [6.45, 7) is 0. The maximum atomic E-state index is 13.2. The van der Waals surface area contributed by atoms with Gasteiger partial charge in [-0.25, -0.2) is 9.37 Å². The lowest BCUT2D eigenvalue weighted by atomic mass is 10.2. The lowest BCUT2D eigenvalue weighted by molar-refractivity contribution is 0.102. The number of aromatic nitrogens is 1. The topological polar surface area (TPSA) is 63.2 Å². The number of nitrogens with one attached hydrogen (secondary N) is 2. The maximum Gasteiger partial charge on any atom is 0.259 e. The van der Waals surface area contributed by atoms with Crippen LogP contribution < -0.4 is 14.8 Å². The molecule has 1 aromatic heterocycles. The first-order valence-electron chi connectivity index (χ1n) is 7.29. The van der Waals surface area contributed by atoms with Crippen molar-refractivity contribution in [2.24, 2.45) is 0 Å². The third-order valence-electron chi connectivity index (χ3n) is 3.36. The van der Waals surface area contributed by atoms with Crippen LogP contribution in [0.4, 0.5) is 15.9 Å². The van der Waals surface area contributed by atoms with Crippen molar-refractivity contribution in [3.63, 3.8) is 0 Å². The molecule has 1 fully saturated rings. The third-order valence-corrected chi connectivity index (χ3v) is 4.79. The molecule has 2 N–H and O–H groups in total. The summed E-state index contributed by atoms with van der Waals surface area (Å²) in [5.41, 5.74) is 0.721. The minimum Gasteiger partial charge on any atom is -0.494 e. The first-order chi connectivity index (χ1) is 11.6. The molecule has 2 aromatic rings. The number of carbonyl (C=O) groups excluding carboxylic acids is 1. The number of benzene rings is 1. The van der Waals surface area contributed by atoms with Crippen LogP contribution in [0.2, 0.25) is 5.02 Å². The third kappa shape index (κ3) is 4.10. The molecule has 0 spiro atoms. The van der Waals surface area contributed by atoms with Crippen LogP contribution in [0.3, 0.4) is 0 Å². The first-order valence-corrected chi connectivity index (χ1v) is 8.54. The number of halogens is 2. The number of hydrogen-bond donors (Lipinski definition) is 2. The second-order valence-corrected chi connectivity index (χ2v) is 6.79. The number of rotatable bonds is 6. The van der Waals surface area contributed by atoms with E-state index in [-0.39, 0.29) is 5.02 Å². The molecule has 1 aliphatic carbocycles. The van der Waals surface area contributed by atoms with E-state index in [1.165, 1.54) is 44.3 Å². The smallest absolute Gasteiger partial charge is 0.259 e. The van der Waals surface area contributed by atoms with Crippen LogP contribution in [0.1, 0.15) is 23.2 Å². The molecule has 0 atom stereocenters. The van der Waals surface area contributed by atoms with E-state index in [1.807, 2.05) is 0 Å². The molecule has 3 rings (SSSR count). The molecule has 8 heteroatoms. The summed E-state index contributed by atoms with van der Waals surface area (Å²) in [5, 5.41) is 3.22. The number of methoxy groups -OCH3 is 1. The average Bonchev–Trinajstić information content (AvgIpc) is 3.40. The van der Waals surface area contributed by atoms with Gasteiger partial charge in [-0.15, -0.1) is 0 Å². The predicted octanol–water partition coefficient (Wildman–Crippen LogP) is 4.36. The van der Waals surface area contributed by atoms with E-state index in [9.17, 15) is 9.18 Å². The van der Waals surface area contributed by atoms with Crippen molar-refractivity contribution in [1.29, 1.82) is 0 Å². The van der Waals surface area contributed by atoms with E-state index in [0.717, 1.165) is 0 Å². The van der Waals surface area contributed by atoms with Crippen LogP contribution in [0.5, 0.6) is 5.75 Å². The maximum absolute atomic E-state index is 13.2. The lowest BCUT2D eigenvalue weighted by Gasteiger charge is -2.11. The highest BCUT2D eigenvalue weighted by atomic mass is 35.5. The number of carbonyl (C=O) groups is 1. The Morgan fingerprint density at radius 2 is 2.21 bits per heavy atom. The molecule has 1 aliphatic rings. The van der Waals surface area contributed by atoms with Crippen molar-refractivity contribution in [1.82, 2.24) is 4.98 Å². The highest BCUT2D eigenvalue weighted by Crippen LogP contribution is 2.34. The molecule has 1 amide bonds. The van der Waals surface area contributed by atoms with E-state index in [1.54, 1.807) is 18.0 Å². The molecule has 0 unspecified atom stereocenters. The second kappa shape index (κ2) is 7.27. The fraction of sp³-hybridized carbons (Fsp3) is 0.250. The van der Waals surface area contributed by atoms with Crippen molar-refractivity contribution < 1.29 is 13.9 Å². The molecule has 24 heavy (non-hydrogen) atoms. The standard InChI is InChI=1S/C16H15ClFN3O2S/c1-23-14-8-19-15(21-24-10-3-4-10)7-11(14)16(22)20-9-2-5-13(18)12(17)6-9/h2,5-8,10H,3-4H2,1H3,(H,19,21)(H,20,22). The number of amides is 1. The van der Waals surface area contributed by atoms with E-state index in [0.29, 0.717) is 28.1 Å². The molecule has 1 heterocycles. The van der Waals surface area contributed by atoms with Crippen LogP contribution in [0.25, 0.3) is 0 Å². The van der Waals surface area contributed by atoms with Gasteiger partial charge in [-0.05, 0) is 49.1 Å². The van der Waals surface area contributed by atoms with Crippen molar-refractivity contribution in [3.05, 3.63) is 46.9 Å². The molecule has 5 nitrogen and oxygen atoms in total. The van der Waals surface area contributed by atoms with Crippen molar-refractivity contribution >= 4 is 41.0 Å². The van der Waals surface area contributed by atoms with Gasteiger partial charge in [0, 0.05) is 10.9 Å². The van der Waals surface area contributed by atoms with Crippen molar-refractivity contribution in [2.45, 2.75) is 18.1 Å². The number of anilines is 2. The Labute approximate surface area is 148 Å². The van der Waals surface area contributed by atoms with Gasteiger partial charge in [-0.3, -0.25) is 4.79 Å². The molecule has 0 saturated heterocycles. The summed E-state index contributed by atoms with van der Waals surface area (Å²) < 4.78 is 21.5. The van der Waals surface area contributed by atoms with Crippen LogP contribution in [0, 0.1) is 5.82 Å². The molecule has 0 bridgehead atoms. The molecule has 0 radical (unpaired) electrons. The summed E-state index contributed by atoms with van der Waals surface area (Å²) >= 11 is 7.32. The van der Waals surface area contributed by atoms with E-state index >= 15 is 0 Å². The Hall–Kier alpha value is -1.99. The number of nitrogens with zero attached hydrogens (tertiary/aromatic N) is 1. The molecule has 1 saturated carbocycles. The second-order valence-electron chi connectivity index (χ2n) is 5.27. The van der Waals surface area contributed by atoms with Gasteiger partial charge in [0.05, 0.1) is 23.9 Å². The normalized spacial score (nSPS) is 13.5. The average molecular weight is 368 g/mol. The Bertz CT molecular complexity index is 771. The quantitative estimate of drug-likeness (QED) is 0.743. The van der Waals surface area contributed by atoms with Gasteiger partial charge in [0.2, 0.25) is 0 Å². The zero-order valence-electron chi connectivity index (χ0n) is 12.8. The summed E-state index contributed by atoms with van der Waals surface area (Å²) in [4.78, 5) is 16.7. The number of hydrogen-bond acceptors (Lipinski definition) is 5. The lowest BCUT2D eigenvalue weighted by Crippen LogP contribution is -2.14. The van der Waals surface area contributed by atoms with Crippen LogP contribution in [0.15, 0.2) is 30.5 Å². The summed E-state index contributed by atoms with van der Waals surface area (Å²) in [6, 6.07) is 5.61. The number of pyridine rings is 1. The SMILES string of the molecule is COc1cnc(NSC2CC2)cc1C(=O)Nc1ccc(F)c(Cl)c1. The van der Waals surface area contributed by atoms with Gasteiger partial charge in [0.15, 0.2) is 0 Å². The fourth-order valence-corrected chi connectivity index (χ4v) is 2.89. The van der Waals surface area contributed by atoms with E-state index in [4.69, 9.17) is 16.3 Å². The van der Waals surface area contributed by atoms with Gasteiger partial charge in [0.1, 0.15) is 17.4 Å². The van der Waals surface area contributed by atoms with Gasteiger partial charge in [-0.1, -0.05) is 11.6 Å². The van der Waals surface area contributed by atoms with Gasteiger partial charge < -0.3 is 14.8 Å². The zero-order chi connectivity index (χ0) is 17.1. The minimum atomic E-state index is -0.542. The molecule has 126 valence electrons. The van der Waals surface area contributed by atoms with Crippen molar-refractivity contribution in [2.75, 3.05) is 17.1 Å². The van der Waals surface area contributed by atoms with E-state index < -0.39 is 11.7 Å². The monoisotopic (exact) mass is 367 g/mol. The summed E-state index contributed by atoms with van der Waals surface area (Å²) in [6.07, 6.45) is 3.86. The Balaban J connectivity index is 1.78.